The predicted octanol–water partition coefficient (Wildman–Crippen LogP) is 6.33. The first-order valence-corrected chi connectivity index (χ1v) is 14.2. The lowest BCUT2D eigenvalue weighted by Crippen LogP contribution is -2.12. The minimum absolute atomic E-state index is 0.154. The van der Waals surface area contributed by atoms with Crippen LogP contribution in [0, 0.1) is 0 Å². The fraction of sp³-hybridized carbons (Fsp3) is 0.438. The molecule has 5 rings (SSSR count). The van der Waals surface area contributed by atoms with Gasteiger partial charge in [0.25, 0.3) is 0 Å². The lowest BCUT2D eigenvalue weighted by Gasteiger charge is -2.19. The van der Waals surface area contributed by atoms with Crippen LogP contribution in [0.5, 0.6) is 23.0 Å². The maximum atomic E-state index is 12.5. The lowest BCUT2D eigenvalue weighted by molar-refractivity contribution is -0.132. The van der Waals surface area contributed by atoms with Crippen LogP contribution in [0.4, 0.5) is 0 Å². The number of carbonyl (C=O) groups is 1. The molecule has 0 bridgehead atoms. The third-order valence-electron chi connectivity index (χ3n) is 7.71. The Morgan fingerprint density at radius 2 is 1.98 bits per heavy atom. The van der Waals surface area contributed by atoms with Gasteiger partial charge in [-0.05, 0) is 62.4 Å². The quantitative estimate of drug-likeness (QED) is 0.265. The molecule has 2 aromatic carbocycles. The molecule has 1 N–H and O–H groups in total. The number of carboxylic acids is 1. The van der Waals surface area contributed by atoms with Crippen molar-refractivity contribution in [3.63, 3.8) is 0 Å². The zero-order valence-electron chi connectivity index (χ0n) is 23.6. The van der Waals surface area contributed by atoms with Crippen LogP contribution in [-0.4, -0.2) is 47.8 Å². The van der Waals surface area contributed by atoms with E-state index in [1.54, 1.807) is 26.5 Å². The molecular weight excluding hydrogens is 508 g/mol. The number of aliphatic carboxylic acids is 1. The number of benzene rings is 2. The number of hydrogen-bond acceptors (Lipinski definition) is 6. The zero-order valence-corrected chi connectivity index (χ0v) is 23.6. The minimum atomic E-state index is -0.993. The molecule has 2 heterocycles. The second kappa shape index (κ2) is 12.5. The van der Waals surface area contributed by atoms with Gasteiger partial charge in [0.15, 0.2) is 0 Å². The zero-order chi connectivity index (χ0) is 28.1. The monoisotopic (exact) mass is 546 g/mol. The Morgan fingerprint density at radius 3 is 2.70 bits per heavy atom. The molecule has 2 aliphatic rings. The molecule has 1 fully saturated rings. The highest BCUT2D eigenvalue weighted by Crippen LogP contribution is 2.39. The summed E-state index contributed by atoms with van der Waals surface area (Å²) in [4.78, 5) is 12.5. The highest BCUT2D eigenvalue weighted by atomic mass is 16.5. The van der Waals surface area contributed by atoms with Gasteiger partial charge in [-0.2, -0.15) is 5.10 Å². The number of fused-ring (bicyclic) bond motifs is 1. The summed E-state index contributed by atoms with van der Waals surface area (Å²) in [5, 5.41) is 15.0. The van der Waals surface area contributed by atoms with Crippen LogP contribution in [0.2, 0.25) is 0 Å². The average molecular weight is 547 g/mol. The maximum Gasteiger partial charge on any atom is 0.331 e. The lowest BCUT2D eigenvalue weighted by atomic mass is 9.98. The van der Waals surface area contributed by atoms with Crippen molar-refractivity contribution in [1.29, 1.82) is 0 Å². The number of hydrogen-bond donors (Lipinski definition) is 1. The van der Waals surface area contributed by atoms with E-state index >= 15 is 0 Å². The van der Waals surface area contributed by atoms with Gasteiger partial charge in [0, 0.05) is 53.3 Å². The molecule has 8 heteroatoms. The fourth-order valence-electron chi connectivity index (χ4n) is 5.54. The van der Waals surface area contributed by atoms with Gasteiger partial charge in [0.2, 0.25) is 0 Å². The molecule has 0 saturated heterocycles. The summed E-state index contributed by atoms with van der Waals surface area (Å²) in [6, 6.07) is 9.68. The molecule has 1 aromatic heterocycles. The fourth-order valence-corrected chi connectivity index (χ4v) is 5.54. The largest absolute Gasteiger partial charge is 0.497 e. The van der Waals surface area contributed by atoms with Crippen LogP contribution in [0.25, 0.3) is 17.3 Å². The van der Waals surface area contributed by atoms with E-state index in [0.29, 0.717) is 24.7 Å². The molecule has 0 unspecified atom stereocenters. The molecule has 40 heavy (non-hydrogen) atoms. The van der Waals surface area contributed by atoms with Crippen molar-refractivity contribution < 1.29 is 28.8 Å². The van der Waals surface area contributed by atoms with Crippen molar-refractivity contribution in [3.8, 4) is 34.3 Å². The van der Waals surface area contributed by atoms with Crippen LogP contribution in [-0.2, 0) is 24.2 Å². The number of aromatic nitrogens is 2. The molecule has 0 radical (unpaired) electrons. The highest BCUT2D eigenvalue weighted by molar-refractivity contribution is 5.94. The Bertz CT molecular complexity index is 1390. The van der Waals surface area contributed by atoms with E-state index in [0.717, 1.165) is 84.4 Å². The number of unbranched alkanes of at least 4 members (excludes halogenated alkanes) is 1. The molecule has 1 aliphatic heterocycles. The number of ether oxygens (including phenoxy) is 4. The SMILES string of the molecule is CCCCn1ncc(C=C(Cc2cc3c(cc2OC)CCO3)C(=O)O)c1-c1ccc(OC)cc1OC1CCCC1. The number of aryl methyl sites for hydroxylation is 1. The van der Waals surface area contributed by atoms with E-state index in [-0.39, 0.29) is 18.1 Å². The van der Waals surface area contributed by atoms with E-state index in [1.807, 2.05) is 35.0 Å². The molecule has 0 atom stereocenters. The van der Waals surface area contributed by atoms with Crippen molar-refractivity contribution in [2.24, 2.45) is 0 Å². The summed E-state index contributed by atoms with van der Waals surface area (Å²) in [7, 11) is 3.25. The number of carboxylic acid groups (broad SMARTS) is 1. The summed E-state index contributed by atoms with van der Waals surface area (Å²) < 4.78 is 25.4. The third-order valence-corrected chi connectivity index (χ3v) is 7.71. The smallest absolute Gasteiger partial charge is 0.331 e. The summed E-state index contributed by atoms with van der Waals surface area (Å²) in [6.45, 7) is 3.48. The van der Waals surface area contributed by atoms with E-state index < -0.39 is 5.97 Å². The number of rotatable bonds is 12. The van der Waals surface area contributed by atoms with E-state index in [2.05, 4.69) is 6.92 Å². The van der Waals surface area contributed by atoms with Gasteiger partial charge in [-0.1, -0.05) is 13.3 Å². The van der Waals surface area contributed by atoms with E-state index in [4.69, 9.17) is 24.0 Å². The molecule has 0 spiro atoms. The first-order chi connectivity index (χ1) is 19.5. The molecule has 3 aromatic rings. The Morgan fingerprint density at radius 1 is 1.15 bits per heavy atom. The Kier molecular flexibility index (Phi) is 8.63. The molecule has 0 amide bonds. The van der Waals surface area contributed by atoms with Gasteiger partial charge < -0.3 is 24.1 Å². The van der Waals surface area contributed by atoms with Crippen LogP contribution >= 0.6 is 0 Å². The van der Waals surface area contributed by atoms with Crippen molar-refractivity contribution in [2.45, 2.75) is 70.9 Å². The first kappa shape index (κ1) is 27.6. The second-order valence-electron chi connectivity index (χ2n) is 10.4. The summed E-state index contributed by atoms with van der Waals surface area (Å²) in [5.74, 6) is 1.91. The van der Waals surface area contributed by atoms with Gasteiger partial charge in [-0.3, -0.25) is 4.68 Å². The molecule has 8 nitrogen and oxygen atoms in total. The Balaban J connectivity index is 1.58. The molecule has 212 valence electrons. The normalized spacial score (nSPS) is 15.1. The van der Waals surface area contributed by atoms with Gasteiger partial charge in [-0.25, -0.2) is 4.79 Å². The standard InChI is InChI=1S/C32H38N2O6/c1-4-5-13-34-31(27-11-10-26(37-2)19-30(27)40-25-8-6-7-9-25)24(20-33-34)16-23(32(35)36)15-22-18-29-21(12-14-39-29)17-28(22)38-3/h10-11,16-20,25H,4-9,12-15H2,1-3H3,(H,35,36). The molecular formula is C32H38N2O6. The van der Waals surface area contributed by atoms with Gasteiger partial charge in [-0.15, -0.1) is 0 Å². The number of methoxy groups -OCH3 is 2. The predicted molar refractivity (Wildman–Crippen MR) is 154 cm³/mol. The highest BCUT2D eigenvalue weighted by Gasteiger charge is 2.24. The molecule has 1 saturated carbocycles. The van der Waals surface area contributed by atoms with Crippen molar-refractivity contribution in [3.05, 3.63) is 58.8 Å². The van der Waals surface area contributed by atoms with Crippen LogP contribution in [0.15, 0.2) is 42.1 Å². The average Bonchev–Trinajstić information content (AvgIpc) is 3.72. The number of nitrogens with zero attached hydrogens (tertiary/aromatic N) is 2. The van der Waals surface area contributed by atoms with E-state index in [1.165, 1.54) is 0 Å². The van der Waals surface area contributed by atoms with Crippen molar-refractivity contribution >= 4 is 12.0 Å². The summed E-state index contributed by atoms with van der Waals surface area (Å²) in [6.07, 6.45) is 11.0. The first-order valence-electron chi connectivity index (χ1n) is 14.2. The van der Waals surface area contributed by atoms with Gasteiger partial charge in [0.05, 0.1) is 38.8 Å². The van der Waals surface area contributed by atoms with Gasteiger partial charge >= 0.3 is 5.97 Å². The van der Waals surface area contributed by atoms with Crippen molar-refractivity contribution in [1.82, 2.24) is 9.78 Å². The van der Waals surface area contributed by atoms with Crippen LogP contribution in [0.1, 0.15) is 62.1 Å². The van der Waals surface area contributed by atoms with Gasteiger partial charge in [0.1, 0.15) is 23.0 Å². The van der Waals surface area contributed by atoms with Crippen LogP contribution < -0.4 is 18.9 Å². The Hall–Kier alpha value is -3.94. The van der Waals surface area contributed by atoms with Crippen molar-refractivity contribution in [2.75, 3.05) is 20.8 Å². The third kappa shape index (κ3) is 5.96. The van der Waals surface area contributed by atoms with Crippen LogP contribution in [0.3, 0.4) is 0 Å². The minimum Gasteiger partial charge on any atom is -0.497 e. The topological polar surface area (TPSA) is 92.0 Å². The molecule has 1 aliphatic carbocycles. The second-order valence-corrected chi connectivity index (χ2v) is 10.4. The maximum absolute atomic E-state index is 12.5. The Labute approximate surface area is 235 Å². The van der Waals surface area contributed by atoms with E-state index in [9.17, 15) is 9.90 Å². The summed E-state index contributed by atoms with van der Waals surface area (Å²) in [5.41, 5.74) is 4.53. The summed E-state index contributed by atoms with van der Waals surface area (Å²) >= 11 is 0.